The molecule has 0 saturated carbocycles. The highest BCUT2D eigenvalue weighted by Crippen LogP contribution is 1.96. The third kappa shape index (κ3) is 4.21. The molecule has 0 aromatic rings. The van der Waals surface area contributed by atoms with Crippen LogP contribution in [0.15, 0.2) is 0 Å². The number of carbonyl (C=O) groups excluding carboxylic acids is 1. The normalized spacial score (nSPS) is 11.8. The van der Waals surface area contributed by atoms with Crippen LogP contribution in [0.5, 0.6) is 0 Å². The summed E-state index contributed by atoms with van der Waals surface area (Å²) in [5.74, 6) is 14.0. The van der Waals surface area contributed by atoms with Crippen LogP contribution in [-0.2, 0) is 9.63 Å². The lowest BCUT2D eigenvalue weighted by Crippen LogP contribution is -2.66. The highest BCUT2D eigenvalue weighted by molar-refractivity contribution is 5.70. The van der Waals surface area contributed by atoms with E-state index in [9.17, 15) is 4.79 Å². The lowest BCUT2D eigenvalue weighted by atomic mass is 10.2. The fourth-order valence-corrected chi connectivity index (χ4v) is 0.261. The molecule has 0 aromatic heterocycles. The first kappa shape index (κ1) is 9.31. The molecule has 6 N–H and O–H groups in total. The van der Waals surface area contributed by atoms with Crippen LogP contribution in [-0.4, -0.2) is 10.9 Å². The van der Waals surface area contributed by atoms with E-state index in [2.05, 4.69) is 4.84 Å². The van der Waals surface area contributed by atoms with Crippen LogP contribution in [0.1, 0.15) is 13.8 Å². The minimum atomic E-state index is -1.27. The van der Waals surface area contributed by atoms with Crippen molar-refractivity contribution in [1.29, 1.82) is 0 Å². The summed E-state index contributed by atoms with van der Waals surface area (Å²) in [6.45, 7) is 3.30. The predicted molar refractivity (Wildman–Crippen MR) is 33.8 cm³/mol. The molecule has 0 aliphatic rings. The summed E-state index contributed by atoms with van der Waals surface area (Å²) >= 11 is 0. The predicted octanol–water partition coefficient (Wildman–Crippen LogP) is -1.46. The summed E-state index contributed by atoms with van der Waals surface area (Å²) in [5.41, 5.74) is 0. The first-order chi connectivity index (χ1) is 4.33. The molecule has 6 nitrogen and oxygen atoms in total. The Hall–Kier alpha value is -0.690. The third-order valence-corrected chi connectivity index (χ3v) is 0.719. The summed E-state index contributed by atoms with van der Waals surface area (Å²) in [6.07, 6.45) is 0. The van der Waals surface area contributed by atoms with E-state index in [1.54, 1.807) is 13.8 Å². The third-order valence-electron chi connectivity index (χ3n) is 0.719. The molecule has 0 aliphatic heterocycles. The average molecular weight is 149 g/mol. The van der Waals surface area contributed by atoms with E-state index in [1.165, 1.54) is 0 Å². The summed E-state index contributed by atoms with van der Waals surface area (Å²) in [6, 6.07) is 0. The zero-order valence-electron chi connectivity index (χ0n) is 6.07. The first-order valence-corrected chi connectivity index (χ1v) is 2.81. The zero-order valence-corrected chi connectivity index (χ0v) is 6.07. The van der Waals surface area contributed by atoms with E-state index >= 15 is 0 Å². The van der Waals surface area contributed by atoms with E-state index in [0.717, 1.165) is 0 Å². The van der Waals surface area contributed by atoms with Crippen LogP contribution < -0.4 is 17.5 Å². The van der Waals surface area contributed by atoms with Crippen molar-refractivity contribution < 1.29 is 14.6 Å². The average Bonchev–Trinajstić information content (AvgIpc) is 1.60. The van der Waals surface area contributed by atoms with Gasteiger partial charge in [-0.25, -0.2) is 9.63 Å². The maximum Gasteiger partial charge on any atom is 0.377 e. The zero-order chi connectivity index (χ0) is 8.36. The van der Waals surface area contributed by atoms with Crippen LogP contribution in [0.25, 0.3) is 0 Å². The van der Waals surface area contributed by atoms with E-state index in [4.69, 9.17) is 17.5 Å². The van der Waals surface area contributed by atoms with E-state index in [1.807, 2.05) is 0 Å². The Kier molecular flexibility index (Phi) is 2.73. The van der Waals surface area contributed by atoms with Gasteiger partial charge in [0.15, 0.2) is 0 Å². The minimum absolute atomic E-state index is 0.284. The number of carbonyl (C=O) groups is 1. The van der Waals surface area contributed by atoms with Crippen LogP contribution in [0.2, 0.25) is 0 Å². The second-order valence-electron chi connectivity index (χ2n) is 2.33. The number of hydrogen-bond acceptors (Lipinski definition) is 5. The topological polar surface area (TPSA) is 104 Å². The number of nitrogens with zero attached hydrogens (tertiary/aromatic N) is 1. The van der Waals surface area contributed by atoms with Gasteiger partial charge >= 0.3 is 5.97 Å². The van der Waals surface area contributed by atoms with Gasteiger partial charge in [0.25, 0.3) is 0 Å². The van der Waals surface area contributed by atoms with Crippen molar-refractivity contribution in [1.82, 2.24) is 0 Å². The largest absolute Gasteiger partial charge is 0.377 e. The maximum absolute atomic E-state index is 10.7. The van der Waals surface area contributed by atoms with Gasteiger partial charge in [0.05, 0.1) is 10.9 Å². The van der Waals surface area contributed by atoms with Crippen molar-refractivity contribution in [3.8, 4) is 0 Å². The molecule has 0 aliphatic carbocycles. The van der Waals surface area contributed by atoms with Crippen molar-refractivity contribution in [2.75, 3.05) is 0 Å². The second-order valence-corrected chi connectivity index (χ2v) is 2.33. The number of nitrogens with two attached hydrogens (primary N) is 3. The fraction of sp³-hybridized carbons (Fsp3) is 0.750. The summed E-state index contributed by atoms with van der Waals surface area (Å²) < 4.78 is 0. The molecule has 60 valence electrons. The van der Waals surface area contributed by atoms with Gasteiger partial charge in [-0.2, -0.15) is 0 Å². The van der Waals surface area contributed by atoms with Gasteiger partial charge in [0.1, 0.15) is 0 Å². The standard InChI is InChI=1S/C4H13N4O2/c1-3(2)4(9)10-8(5,6)7/h3H,5-7H2,1-2H3/q+1. The van der Waals surface area contributed by atoms with Gasteiger partial charge in [-0.3, -0.25) is 0 Å². The Morgan fingerprint density at radius 3 is 1.90 bits per heavy atom. The van der Waals surface area contributed by atoms with Gasteiger partial charge in [0.2, 0.25) is 0 Å². The number of quaternary nitrogens is 1. The van der Waals surface area contributed by atoms with Crippen LogP contribution in [0.4, 0.5) is 0 Å². The van der Waals surface area contributed by atoms with Gasteiger partial charge in [-0.05, 0) is 0 Å². The van der Waals surface area contributed by atoms with Gasteiger partial charge in [-0.15, -0.1) is 0 Å². The maximum atomic E-state index is 10.7. The molecule has 0 rings (SSSR count). The summed E-state index contributed by atoms with van der Waals surface area (Å²) in [4.78, 5) is 13.7. The molecule has 0 heterocycles. The molecule has 0 unspecified atom stereocenters. The van der Waals surface area contributed by atoms with Crippen LogP contribution in [0.3, 0.4) is 0 Å². The first-order valence-electron chi connectivity index (χ1n) is 2.81. The van der Waals surface area contributed by atoms with Gasteiger partial charge in [-0.1, -0.05) is 31.4 Å². The molecule has 0 fully saturated rings. The van der Waals surface area contributed by atoms with E-state index in [-0.39, 0.29) is 5.92 Å². The molecule has 0 atom stereocenters. The second kappa shape index (κ2) is 2.93. The molecule has 0 spiro atoms. The molecular weight excluding hydrogens is 136 g/mol. The quantitative estimate of drug-likeness (QED) is 0.253. The molecule has 0 bridgehead atoms. The number of rotatable bonds is 2. The molecule has 0 saturated heterocycles. The molecule has 10 heavy (non-hydrogen) atoms. The highest BCUT2D eigenvalue weighted by atomic mass is 16.8. The lowest BCUT2D eigenvalue weighted by Gasteiger charge is -2.16. The molecule has 0 aromatic carbocycles. The monoisotopic (exact) mass is 149 g/mol. The molecule has 6 heteroatoms. The van der Waals surface area contributed by atoms with Crippen molar-refractivity contribution in [2.24, 2.45) is 23.4 Å². The van der Waals surface area contributed by atoms with Crippen LogP contribution >= 0.6 is 0 Å². The van der Waals surface area contributed by atoms with Crippen molar-refractivity contribution >= 4 is 5.97 Å². The van der Waals surface area contributed by atoms with Crippen LogP contribution in [0, 0.1) is 5.92 Å². The highest BCUT2D eigenvalue weighted by Gasteiger charge is 2.21. The SMILES string of the molecule is CC(C)C(=O)O[N+](N)(N)N. The molecule has 0 amide bonds. The Bertz CT molecular complexity index is 128. The lowest BCUT2D eigenvalue weighted by molar-refractivity contribution is -1.12. The summed E-state index contributed by atoms with van der Waals surface area (Å²) in [7, 11) is 0. The fourth-order valence-electron chi connectivity index (χ4n) is 0.261. The number of hydrogen-bond donors (Lipinski definition) is 3. The smallest absolute Gasteiger partial charge is 0.245 e. The van der Waals surface area contributed by atoms with Gasteiger partial charge < -0.3 is 0 Å². The van der Waals surface area contributed by atoms with Gasteiger partial charge in [0, 0.05) is 0 Å². The Labute approximate surface area is 59.0 Å². The van der Waals surface area contributed by atoms with Crippen molar-refractivity contribution in [3.05, 3.63) is 0 Å². The van der Waals surface area contributed by atoms with E-state index in [0.29, 0.717) is 0 Å². The van der Waals surface area contributed by atoms with Crippen molar-refractivity contribution in [3.63, 3.8) is 0 Å². The van der Waals surface area contributed by atoms with Crippen molar-refractivity contribution in [2.45, 2.75) is 13.8 Å². The summed E-state index contributed by atoms with van der Waals surface area (Å²) in [5, 5.41) is 0. The van der Waals surface area contributed by atoms with E-state index < -0.39 is 10.9 Å². The minimum Gasteiger partial charge on any atom is -0.245 e. The Morgan fingerprint density at radius 2 is 1.80 bits per heavy atom. The Morgan fingerprint density at radius 1 is 1.40 bits per heavy atom. The molecular formula is C4H13N4O2+. The Balaban J connectivity index is 3.81. The molecule has 0 radical (unpaired) electrons.